The molecule has 0 saturated heterocycles. The molecule has 0 radical (unpaired) electrons. The number of hydrogen-bond donors (Lipinski definition) is 1. The van der Waals surface area contributed by atoms with E-state index in [2.05, 4.69) is 15.3 Å². The topological polar surface area (TPSA) is 37.8 Å². The van der Waals surface area contributed by atoms with Gasteiger partial charge in [-0.05, 0) is 11.6 Å². The lowest BCUT2D eigenvalue weighted by Crippen LogP contribution is -2.01. The Labute approximate surface area is 93.1 Å². The SMILES string of the molecule is Clc1ccccc1CNc1cnccn1. The minimum Gasteiger partial charge on any atom is -0.365 e. The predicted octanol–water partition coefficient (Wildman–Crippen LogP) is 2.74. The van der Waals surface area contributed by atoms with E-state index < -0.39 is 0 Å². The third-order valence-corrected chi connectivity index (χ3v) is 2.35. The number of halogens is 1. The van der Waals surface area contributed by atoms with E-state index in [1.54, 1.807) is 18.6 Å². The summed E-state index contributed by atoms with van der Waals surface area (Å²) in [7, 11) is 0. The Morgan fingerprint density at radius 3 is 2.80 bits per heavy atom. The van der Waals surface area contributed by atoms with Crippen LogP contribution < -0.4 is 5.32 Å². The smallest absolute Gasteiger partial charge is 0.144 e. The summed E-state index contributed by atoms with van der Waals surface area (Å²) in [5.74, 6) is 0.748. The van der Waals surface area contributed by atoms with Gasteiger partial charge in [-0.3, -0.25) is 4.98 Å². The zero-order valence-electron chi connectivity index (χ0n) is 8.02. The molecule has 0 aliphatic carbocycles. The summed E-state index contributed by atoms with van der Waals surface area (Å²) in [5, 5.41) is 3.90. The highest BCUT2D eigenvalue weighted by molar-refractivity contribution is 6.31. The fraction of sp³-hybridized carbons (Fsp3) is 0.0909. The molecule has 0 fully saturated rings. The predicted molar refractivity (Wildman–Crippen MR) is 60.8 cm³/mol. The fourth-order valence-electron chi connectivity index (χ4n) is 1.22. The molecule has 0 atom stereocenters. The molecule has 1 N–H and O–H groups in total. The van der Waals surface area contributed by atoms with Gasteiger partial charge in [0.05, 0.1) is 6.20 Å². The molecular weight excluding hydrogens is 210 g/mol. The minimum atomic E-state index is 0.651. The van der Waals surface area contributed by atoms with Crippen LogP contribution in [-0.2, 0) is 6.54 Å². The van der Waals surface area contributed by atoms with Gasteiger partial charge in [0.1, 0.15) is 5.82 Å². The van der Waals surface area contributed by atoms with Crippen molar-refractivity contribution in [3.63, 3.8) is 0 Å². The molecule has 4 heteroatoms. The first-order chi connectivity index (χ1) is 7.36. The van der Waals surface area contributed by atoms with Gasteiger partial charge >= 0.3 is 0 Å². The maximum Gasteiger partial charge on any atom is 0.144 e. The lowest BCUT2D eigenvalue weighted by molar-refractivity contribution is 1.09. The number of nitrogens with zero attached hydrogens (tertiary/aromatic N) is 2. The maximum absolute atomic E-state index is 6.01. The van der Waals surface area contributed by atoms with E-state index in [-0.39, 0.29) is 0 Å². The van der Waals surface area contributed by atoms with Gasteiger partial charge in [0.25, 0.3) is 0 Å². The van der Waals surface area contributed by atoms with Crippen molar-refractivity contribution in [2.45, 2.75) is 6.54 Å². The molecule has 0 unspecified atom stereocenters. The lowest BCUT2D eigenvalue weighted by atomic mass is 10.2. The zero-order chi connectivity index (χ0) is 10.5. The van der Waals surface area contributed by atoms with Crippen LogP contribution in [0.25, 0.3) is 0 Å². The van der Waals surface area contributed by atoms with Gasteiger partial charge in [-0.15, -0.1) is 0 Å². The minimum absolute atomic E-state index is 0.651. The molecule has 0 spiro atoms. The quantitative estimate of drug-likeness (QED) is 0.863. The van der Waals surface area contributed by atoms with E-state index in [9.17, 15) is 0 Å². The van der Waals surface area contributed by atoms with Crippen LogP contribution in [-0.4, -0.2) is 9.97 Å². The third-order valence-electron chi connectivity index (χ3n) is 1.98. The van der Waals surface area contributed by atoms with Crippen molar-refractivity contribution >= 4 is 17.4 Å². The van der Waals surface area contributed by atoms with E-state index in [0.29, 0.717) is 6.54 Å². The molecule has 3 nitrogen and oxygen atoms in total. The first-order valence-electron chi connectivity index (χ1n) is 4.59. The Morgan fingerprint density at radius 2 is 2.07 bits per heavy atom. The van der Waals surface area contributed by atoms with Crippen molar-refractivity contribution in [2.75, 3.05) is 5.32 Å². The van der Waals surface area contributed by atoms with E-state index in [0.717, 1.165) is 16.4 Å². The summed E-state index contributed by atoms with van der Waals surface area (Å²) >= 11 is 6.01. The highest BCUT2D eigenvalue weighted by atomic mass is 35.5. The Hall–Kier alpha value is -1.61. The molecule has 0 aliphatic heterocycles. The second-order valence-corrected chi connectivity index (χ2v) is 3.44. The maximum atomic E-state index is 6.01. The molecule has 2 rings (SSSR count). The van der Waals surface area contributed by atoms with Crippen molar-refractivity contribution in [3.05, 3.63) is 53.4 Å². The van der Waals surface area contributed by atoms with Crippen LogP contribution in [0.4, 0.5) is 5.82 Å². The summed E-state index contributed by atoms with van der Waals surface area (Å²) in [6.07, 6.45) is 4.96. The van der Waals surface area contributed by atoms with Crippen molar-refractivity contribution in [3.8, 4) is 0 Å². The fourth-order valence-corrected chi connectivity index (χ4v) is 1.42. The molecule has 1 heterocycles. The number of nitrogens with one attached hydrogen (secondary N) is 1. The van der Waals surface area contributed by atoms with E-state index in [4.69, 9.17) is 11.6 Å². The van der Waals surface area contributed by atoms with E-state index in [1.807, 2.05) is 24.3 Å². The molecule has 0 aliphatic rings. The Balaban J connectivity index is 2.03. The van der Waals surface area contributed by atoms with Crippen molar-refractivity contribution < 1.29 is 0 Å². The van der Waals surface area contributed by atoms with Gasteiger partial charge in [-0.2, -0.15) is 0 Å². The Morgan fingerprint density at radius 1 is 1.20 bits per heavy atom. The summed E-state index contributed by atoms with van der Waals surface area (Å²) in [6.45, 7) is 0.651. The second-order valence-electron chi connectivity index (χ2n) is 3.04. The molecular formula is C11H10ClN3. The summed E-state index contributed by atoms with van der Waals surface area (Å²) in [4.78, 5) is 8.07. The molecule has 1 aromatic carbocycles. The monoisotopic (exact) mass is 219 g/mol. The number of aromatic nitrogens is 2. The number of benzene rings is 1. The van der Waals surface area contributed by atoms with Crippen molar-refractivity contribution in [1.29, 1.82) is 0 Å². The van der Waals surface area contributed by atoms with Crippen LogP contribution in [0.2, 0.25) is 5.02 Å². The molecule has 0 saturated carbocycles. The molecule has 76 valence electrons. The number of hydrogen-bond acceptors (Lipinski definition) is 3. The average Bonchev–Trinajstić information content (AvgIpc) is 2.29. The highest BCUT2D eigenvalue weighted by Gasteiger charge is 1.98. The van der Waals surface area contributed by atoms with Crippen LogP contribution in [0.15, 0.2) is 42.9 Å². The Kier molecular flexibility index (Phi) is 3.15. The molecule has 2 aromatic rings. The lowest BCUT2D eigenvalue weighted by Gasteiger charge is -2.06. The van der Waals surface area contributed by atoms with Gasteiger partial charge in [0.2, 0.25) is 0 Å². The van der Waals surface area contributed by atoms with Crippen molar-refractivity contribution in [2.24, 2.45) is 0 Å². The average molecular weight is 220 g/mol. The van der Waals surface area contributed by atoms with Crippen LogP contribution >= 0.6 is 11.6 Å². The number of anilines is 1. The first-order valence-corrected chi connectivity index (χ1v) is 4.97. The third kappa shape index (κ3) is 2.67. The highest BCUT2D eigenvalue weighted by Crippen LogP contribution is 2.15. The standard InChI is InChI=1S/C11H10ClN3/c12-10-4-2-1-3-9(10)7-15-11-8-13-5-6-14-11/h1-6,8H,7H2,(H,14,15). The van der Waals surface area contributed by atoms with Crippen molar-refractivity contribution in [1.82, 2.24) is 9.97 Å². The molecule has 15 heavy (non-hydrogen) atoms. The summed E-state index contributed by atoms with van der Waals surface area (Å²) < 4.78 is 0. The van der Waals surface area contributed by atoms with Gasteiger partial charge in [0, 0.05) is 24.0 Å². The molecule has 0 bridgehead atoms. The molecule has 1 aromatic heterocycles. The summed E-state index contributed by atoms with van der Waals surface area (Å²) in [5.41, 5.74) is 1.05. The molecule has 0 amide bonds. The largest absolute Gasteiger partial charge is 0.365 e. The van der Waals surface area contributed by atoms with Crippen LogP contribution in [0.1, 0.15) is 5.56 Å². The van der Waals surface area contributed by atoms with Crippen LogP contribution in [0, 0.1) is 0 Å². The Bertz CT molecular complexity index is 431. The van der Waals surface area contributed by atoms with Gasteiger partial charge in [0.15, 0.2) is 0 Å². The van der Waals surface area contributed by atoms with Crippen LogP contribution in [0.3, 0.4) is 0 Å². The second kappa shape index (κ2) is 4.75. The normalized spacial score (nSPS) is 9.93. The van der Waals surface area contributed by atoms with Gasteiger partial charge < -0.3 is 5.32 Å². The van der Waals surface area contributed by atoms with Gasteiger partial charge in [-0.25, -0.2) is 4.98 Å². The zero-order valence-corrected chi connectivity index (χ0v) is 8.78. The summed E-state index contributed by atoms with van der Waals surface area (Å²) in [6, 6.07) is 7.72. The van der Waals surface area contributed by atoms with E-state index >= 15 is 0 Å². The van der Waals surface area contributed by atoms with Crippen LogP contribution in [0.5, 0.6) is 0 Å². The number of rotatable bonds is 3. The first kappa shape index (κ1) is 9.93. The van der Waals surface area contributed by atoms with Gasteiger partial charge in [-0.1, -0.05) is 29.8 Å². The van der Waals surface area contributed by atoms with E-state index in [1.165, 1.54) is 0 Å².